The number of para-hydroxylation sites is 1. The lowest BCUT2D eigenvalue weighted by molar-refractivity contribution is -0.159. The number of carbonyl (C=O) groups is 1. The molecule has 1 heterocycles. The van der Waals surface area contributed by atoms with Gasteiger partial charge < -0.3 is 14.9 Å². The number of hydrogen-bond donors (Lipinski definition) is 2. The molecule has 0 fully saturated rings. The van der Waals surface area contributed by atoms with Gasteiger partial charge in [-0.3, -0.25) is 0 Å². The van der Waals surface area contributed by atoms with Crippen LogP contribution in [0.5, 0.6) is 0 Å². The molecule has 0 saturated carbocycles. The van der Waals surface area contributed by atoms with E-state index in [-0.39, 0.29) is 6.61 Å². The minimum Gasteiger partial charge on any atom is -0.464 e. The lowest BCUT2D eigenvalue weighted by Gasteiger charge is -2.13. The minimum absolute atomic E-state index is 0.155. The normalized spacial score (nSPS) is 14.4. The lowest BCUT2D eigenvalue weighted by Crippen LogP contribution is -2.29. The average molecular weight is 267 g/mol. The Morgan fingerprint density at radius 2 is 2.17 bits per heavy atom. The Hall–Kier alpha value is -1.50. The van der Waals surface area contributed by atoms with Gasteiger partial charge in [-0.1, -0.05) is 12.1 Å². The first-order chi connectivity index (χ1) is 8.63. The molecule has 2 unspecified atom stereocenters. The van der Waals surface area contributed by atoms with Gasteiger partial charge in [0.15, 0.2) is 6.10 Å². The van der Waals surface area contributed by atoms with Gasteiger partial charge in [0.05, 0.1) is 16.8 Å². The first-order valence-corrected chi connectivity index (χ1v) is 6.33. The highest BCUT2D eigenvalue weighted by Gasteiger charge is 2.29. The first-order valence-electron chi connectivity index (χ1n) is 5.51. The zero-order chi connectivity index (χ0) is 13.1. The van der Waals surface area contributed by atoms with Gasteiger partial charge >= 0.3 is 5.97 Å². The van der Waals surface area contributed by atoms with Gasteiger partial charge in [-0.15, -0.1) is 11.3 Å². The molecular formula is C12H13NO4S. The van der Waals surface area contributed by atoms with Gasteiger partial charge in [-0.25, -0.2) is 9.78 Å². The maximum Gasteiger partial charge on any atom is 0.338 e. The fourth-order valence-corrected chi connectivity index (χ4v) is 2.49. The molecule has 0 bridgehead atoms. The zero-order valence-electron chi connectivity index (χ0n) is 9.74. The molecule has 0 aliphatic carbocycles. The summed E-state index contributed by atoms with van der Waals surface area (Å²) >= 11 is 1.24. The number of thiazole rings is 1. The Morgan fingerprint density at radius 1 is 1.44 bits per heavy atom. The van der Waals surface area contributed by atoms with Crippen molar-refractivity contribution >= 4 is 27.5 Å². The molecule has 2 atom stereocenters. The Bertz CT molecular complexity index is 521. The van der Waals surface area contributed by atoms with Crippen LogP contribution in [-0.4, -0.2) is 33.9 Å². The van der Waals surface area contributed by atoms with Crippen molar-refractivity contribution in [1.82, 2.24) is 4.98 Å². The molecule has 0 saturated heterocycles. The zero-order valence-corrected chi connectivity index (χ0v) is 10.6. The van der Waals surface area contributed by atoms with E-state index in [9.17, 15) is 15.0 Å². The van der Waals surface area contributed by atoms with E-state index in [1.165, 1.54) is 11.3 Å². The highest BCUT2D eigenvalue weighted by atomic mass is 32.1. The van der Waals surface area contributed by atoms with Gasteiger partial charge in [0.1, 0.15) is 11.1 Å². The summed E-state index contributed by atoms with van der Waals surface area (Å²) in [6.45, 7) is 1.79. The largest absolute Gasteiger partial charge is 0.464 e. The number of fused-ring (bicyclic) bond motifs is 1. The Kier molecular flexibility index (Phi) is 3.90. The van der Waals surface area contributed by atoms with Gasteiger partial charge in [0.25, 0.3) is 0 Å². The van der Waals surface area contributed by atoms with E-state index in [0.29, 0.717) is 5.01 Å². The molecule has 2 N–H and O–H groups in total. The van der Waals surface area contributed by atoms with Crippen molar-refractivity contribution in [2.24, 2.45) is 0 Å². The van der Waals surface area contributed by atoms with Crippen LogP contribution < -0.4 is 0 Å². The molecule has 0 aliphatic rings. The number of aliphatic hydroxyl groups is 2. The predicted octanol–water partition coefficient (Wildman–Crippen LogP) is 1.25. The first kappa shape index (κ1) is 12.9. The van der Waals surface area contributed by atoms with Crippen LogP contribution in [0.1, 0.15) is 18.0 Å². The van der Waals surface area contributed by atoms with E-state index in [1.807, 2.05) is 18.2 Å². The van der Waals surface area contributed by atoms with Crippen molar-refractivity contribution in [3.05, 3.63) is 29.3 Å². The molecule has 1 aromatic carbocycles. The number of nitrogens with zero attached hydrogens (tertiary/aromatic N) is 1. The highest BCUT2D eigenvalue weighted by Crippen LogP contribution is 2.28. The van der Waals surface area contributed by atoms with E-state index in [0.717, 1.165) is 10.2 Å². The Morgan fingerprint density at radius 3 is 2.83 bits per heavy atom. The third-order valence-electron chi connectivity index (χ3n) is 2.39. The summed E-state index contributed by atoms with van der Waals surface area (Å²) in [5.41, 5.74) is 0.729. The molecule has 0 aliphatic heterocycles. The number of ether oxygens (including phenoxy) is 1. The number of aliphatic hydroxyl groups excluding tert-OH is 2. The summed E-state index contributed by atoms with van der Waals surface area (Å²) in [5, 5.41) is 19.8. The summed E-state index contributed by atoms with van der Waals surface area (Å²) in [6.07, 6.45) is -2.97. The molecule has 0 amide bonds. The molecule has 2 aromatic rings. The standard InChI is InChI=1S/C12H13NO4S/c1-2-17-12(16)10(15)9(14)11-13-7-5-3-4-6-8(7)18-11/h3-6,9-10,14-15H,2H2,1H3. The monoisotopic (exact) mass is 267 g/mol. The van der Waals surface area contributed by atoms with Gasteiger partial charge in [-0.05, 0) is 19.1 Å². The Balaban J connectivity index is 2.22. The van der Waals surface area contributed by atoms with E-state index in [4.69, 9.17) is 0 Å². The summed E-state index contributed by atoms with van der Waals surface area (Å²) < 4.78 is 5.54. The van der Waals surface area contributed by atoms with Crippen molar-refractivity contribution < 1.29 is 19.7 Å². The predicted molar refractivity (Wildman–Crippen MR) is 67.2 cm³/mol. The van der Waals surface area contributed by atoms with E-state index in [2.05, 4.69) is 9.72 Å². The number of carbonyl (C=O) groups excluding carboxylic acids is 1. The van der Waals surface area contributed by atoms with Crippen LogP contribution in [0.25, 0.3) is 10.2 Å². The number of hydrogen-bond acceptors (Lipinski definition) is 6. The van der Waals surface area contributed by atoms with Crippen molar-refractivity contribution in [3.8, 4) is 0 Å². The number of aromatic nitrogens is 1. The van der Waals surface area contributed by atoms with Crippen molar-refractivity contribution in [2.75, 3.05) is 6.61 Å². The lowest BCUT2D eigenvalue weighted by atomic mass is 10.2. The molecule has 96 valence electrons. The maximum atomic E-state index is 11.3. The summed E-state index contributed by atoms with van der Waals surface area (Å²) in [4.78, 5) is 15.5. The van der Waals surface area contributed by atoms with Crippen LogP contribution in [0.15, 0.2) is 24.3 Å². The maximum absolute atomic E-state index is 11.3. The number of esters is 1. The molecule has 1 aromatic heterocycles. The van der Waals surface area contributed by atoms with Crippen LogP contribution in [-0.2, 0) is 9.53 Å². The van der Waals surface area contributed by atoms with Crippen LogP contribution >= 0.6 is 11.3 Å². The fraction of sp³-hybridized carbons (Fsp3) is 0.333. The smallest absolute Gasteiger partial charge is 0.338 e. The Labute approximate surface area is 108 Å². The van der Waals surface area contributed by atoms with Crippen molar-refractivity contribution in [3.63, 3.8) is 0 Å². The quantitative estimate of drug-likeness (QED) is 0.815. The molecule has 18 heavy (non-hydrogen) atoms. The second kappa shape index (κ2) is 5.43. The second-order valence-electron chi connectivity index (χ2n) is 3.66. The molecular weight excluding hydrogens is 254 g/mol. The van der Waals surface area contributed by atoms with Crippen LogP contribution in [0, 0.1) is 0 Å². The molecule has 5 nitrogen and oxygen atoms in total. The summed E-state index contributed by atoms with van der Waals surface area (Å²) in [5.74, 6) is -0.843. The van der Waals surface area contributed by atoms with Gasteiger partial charge in [0.2, 0.25) is 0 Å². The third-order valence-corrected chi connectivity index (χ3v) is 3.50. The van der Waals surface area contributed by atoms with Crippen LogP contribution in [0.4, 0.5) is 0 Å². The fourth-order valence-electron chi connectivity index (χ4n) is 1.51. The minimum atomic E-state index is -1.61. The number of rotatable bonds is 4. The van der Waals surface area contributed by atoms with Crippen LogP contribution in [0.2, 0.25) is 0 Å². The SMILES string of the molecule is CCOC(=O)C(O)C(O)c1nc2ccccc2s1. The van der Waals surface area contributed by atoms with Crippen molar-refractivity contribution in [1.29, 1.82) is 0 Å². The van der Waals surface area contributed by atoms with Crippen LogP contribution in [0.3, 0.4) is 0 Å². The topological polar surface area (TPSA) is 79.7 Å². The highest BCUT2D eigenvalue weighted by molar-refractivity contribution is 7.18. The van der Waals surface area contributed by atoms with Crippen molar-refractivity contribution in [2.45, 2.75) is 19.1 Å². The number of benzene rings is 1. The third kappa shape index (κ3) is 2.50. The van der Waals surface area contributed by atoms with Gasteiger partial charge in [0, 0.05) is 0 Å². The summed E-state index contributed by atoms with van der Waals surface area (Å²) in [6, 6.07) is 7.36. The molecule has 0 radical (unpaired) electrons. The molecule has 6 heteroatoms. The molecule has 0 spiro atoms. The van der Waals surface area contributed by atoms with Gasteiger partial charge in [-0.2, -0.15) is 0 Å². The van der Waals surface area contributed by atoms with E-state index >= 15 is 0 Å². The summed E-state index contributed by atoms with van der Waals surface area (Å²) in [7, 11) is 0. The second-order valence-corrected chi connectivity index (χ2v) is 4.72. The van der Waals surface area contributed by atoms with E-state index in [1.54, 1.807) is 13.0 Å². The molecule has 2 rings (SSSR count). The van der Waals surface area contributed by atoms with E-state index < -0.39 is 18.2 Å². The average Bonchev–Trinajstić information content (AvgIpc) is 2.81.